The van der Waals surface area contributed by atoms with Gasteiger partial charge in [-0.05, 0) is 78.7 Å². The third-order valence-electron chi connectivity index (χ3n) is 14.5. The van der Waals surface area contributed by atoms with Gasteiger partial charge in [0.05, 0.1) is 44.2 Å². The van der Waals surface area contributed by atoms with Crippen LogP contribution in [0.25, 0.3) is 0 Å². The molecule has 2 fully saturated rings. The van der Waals surface area contributed by atoms with Crippen LogP contribution in [0.1, 0.15) is 116 Å². The minimum atomic E-state index is -1.58. The van der Waals surface area contributed by atoms with E-state index in [0.717, 1.165) is 0 Å². The van der Waals surface area contributed by atoms with Gasteiger partial charge in [-0.15, -0.1) is 0 Å². The molecule has 3 aliphatic rings. The van der Waals surface area contributed by atoms with Gasteiger partial charge < -0.3 is 42.6 Å². The number of benzene rings is 2. The van der Waals surface area contributed by atoms with E-state index in [1.807, 2.05) is 71.0 Å². The van der Waals surface area contributed by atoms with Crippen LogP contribution >= 0.6 is 0 Å². The first-order chi connectivity index (χ1) is 30.9. The van der Waals surface area contributed by atoms with Gasteiger partial charge in [0.2, 0.25) is 5.76 Å². The number of esters is 4. The summed E-state index contributed by atoms with van der Waals surface area (Å²) in [5.74, 6) is -2.09. The molecule has 362 valence electrons. The van der Waals surface area contributed by atoms with E-state index >= 15 is 0 Å². The van der Waals surface area contributed by atoms with Crippen molar-refractivity contribution in [1.82, 2.24) is 0 Å². The molecular formula is C52H76O13. The minimum absolute atomic E-state index is 0.0709. The SMILES string of the molecule is CC[C@@H](OC(=O)c1ccccc1)[C@@H](C)C1OC(C(=O)OC)=CC(C)[C@H]1C.CC[C@@H](OC(=O)c1ccccc1)[C@@H](C)C1O[C@@](OCC2O[C@H](OC)C(C)[C@@H](C)[C@@H]2C)(C(=O)OC)C[C@@H](C)[C@H]1C. The van der Waals surface area contributed by atoms with Crippen LogP contribution < -0.4 is 0 Å². The predicted octanol–water partition coefficient (Wildman–Crippen LogP) is 9.47. The number of ether oxygens (including phenoxy) is 9. The molecule has 5 unspecified atom stereocenters. The molecule has 0 aromatic heterocycles. The maximum absolute atomic E-state index is 13.3. The first kappa shape index (κ1) is 53.3. The van der Waals surface area contributed by atoms with Gasteiger partial charge in [0.1, 0.15) is 18.3 Å². The molecule has 0 N–H and O–H groups in total. The number of hydrogen-bond donors (Lipinski definition) is 0. The molecule has 0 radical (unpaired) electrons. The molecule has 16 atom stereocenters. The Hall–Kier alpha value is -4.30. The van der Waals surface area contributed by atoms with Gasteiger partial charge in [-0.1, -0.05) is 113 Å². The minimum Gasteiger partial charge on any atom is -0.483 e. The van der Waals surface area contributed by atoms with E-state index in [4.69, 9.17) is 42.6 Å². The fourth-order valence-corrected chi connectivity index (χ4v) is 9.39. The van der Waals surface area contributed by atoms with Gasteiger partial charge in [-0.2, -0.15) is 0 Å². The van der Waals surface area contributed by atoms with Gasteiger partial charge >= 0.3 is 23.9 Å². The highest BCUT2D eigenvalue weighted by Gasteiger charge is 2.54. The van der Waals surface area contributed by atoms with Gasteiger partial charge in [-0.25, -0.2) is 19.2 Å². The van der Waals surface area contributed by atoms with Gasteiger partial charge in [0, 0.05) is 31.3 Å². The lowest BCUT2D eigenvalue weighted by Gasteiger charge is -2.49. The van der Waals surface area contributed by atoms with Crippen molar-refractivity contribution in [3.05, 3.63) is 83.6 Å². The molecule has 3 aliphatic heterocycles. The zero-order valence-corrected chi connectivity index (χ0v) is 41.1. The Morgan fingerprint density at radius 3 is 1.66 bits per heavy atom. The monoisotopic (exact) mass is 909 g/mol. The summed E-state index contributed by atoms with van der Waals surface area (Å²) < 4.78 is 52.5. The fraction of sp³-hybridized carbons (Fsp3) is 0.654. The number of rotatable bonds is 16. The lowest BCUT2D eigenvalue weighted by atomic mass is 9.76. The Morgan fingerprint density at radius 2 is 1.18 bits per heavy atom. The van der Waals surface area contributed by atoms with Crippen molar-refractivity contribution >= 4 is 23.9 Å². The smallest absolute Gasteiger partial charge is 0.372 e. The maximum Gasteiger partial charge on any atom is 0.372 e. The quantitative estimate of drug-likeness (QED) is 0.116. The van der Waals surface area contributed by atoms with E-state index < -0.39 is 29.9 Å². The first-order valence-corrected chi connectivity index (χ1v) is 23.4. The molecule has 0 amide bonds. The van der Waals surface area contributed by atoms with E-state index in [-0.39, 0.29) is 96.2 Å². The Morgan fingerprint density at radius 1 is 0.662 bits per heavy atom. The summed E-state index contributed by atoms with van der Waals surface area (Å²) in [4.78, 5) is 50.4. The van der Waals surface area contributed by atoms with E-state index in [1.165, 1.54) is 14.2 Å². The highest BCUT2D eigenvalue weighted by atomic mass is 16.7. The average molecular weight is 909 g/mol. The molecular weight excluding hydrogens is 833 g/mol. The number of allylic oxidation sites excluding steroid dienone is 1. The van der Waals surface area contributed by atoms with Crippen molar-refractivity contribution < 1.29 is 61.8 Å². The van der Waals surface area contributed by atoms with Crippen molar-refractivity contribution in [2.24, 2.45) is 53.3 Å². The van der Waals surface area contributed by atoms with Crippen molar-refractivity contribution in [3.63, 3.8) is 0 Å². The molecule has 2 saturated heterocycles. The lowest BCUT2D eigenvalue weighted by molar-refractivity contribution is -0.322. The molecule has 3 heterocycles. The molecule has 13 heteroatoms. The van der Waals surface area contributed by atoms with Crippen LogP contribution in [0.15, 0.2) is 72.5 Å². The van der Waals surface area contributed by atoms with Gasteiger partial charge in [0.15, 0.2) is 6.29 Å². The third-order valence-corrected chi connectivity index (χ3v) is 14.5. The topological polar surface area (TPSA) is 151 Å². The van der Waals surface area contributed by atoms with E-state index in [0.29, 0.717) is 36.3 Å². The van der Waals surface area contributed by atoms with Crippen molar-refractivity contribution in [3.8, 4) is 0 Å². The second-order valence-electron chi connectivity index (χ2n) is 18.5. The van der Waals surface area contributed by atoms with Crippen LogP contribution in [0.3, 0.4) is 0 Å². The number of carbonyl (C=O) groups excluding carboxylic acids is 4. The normalized spacial score (nSPS) is 31.8. The second-order valence-corrected chi connectivity index (χ2v) is 18.5. The molecule has 65 heavy (non-hydrogen) atoms. The van der Waals surface area contributed by atoms with Crippen LogP contribution in [-0.4, -0.2) is 94.4 Å². The van der Waals surface area contributed by atoms with E-state index in [9.17, 15) is 19.2 Å². The molecule has 0 aliphatic carbocycles. The molecule has 0 bridgehead atoms. The summed E-state index contributed by atoms with van der Waals surface area (Å²) in [6.07, 6.45) is 1.45. The van der Waals surface area contributed by atoms with Crippen LogP contribution in [0.5, 0.6) is 0 Å². The molecule has 2 aromatic rings. The summed E-state index contributed by atoms with van der Waals surface area (Å²) in [6.45, 7) is 22.9. The van der Waals surface area contributed by atoms with Crippen molar-refractivity contribution in [1.29, 1.82) is 0 Å². The highest BCUT2D eigenvalue weighted by Crippen LogP contribution is 2.44. The van der Waals surface area contributed by atoms with Gasteiger partial charge in [-0.3, -0.25) is 0 Å². The summed E-state index contributed by atoms with van der Waals surface area (Å²) in [5, 5.41) is 0. The largest absolute Gasteiger partial charge is 0.483 e. The molecule has 2 aromatic carbocycles. The van der Waals surface area contributed by atoms with E-state index in [2.05, 4.69) is 41.5 Å². The average Bonchev–Trinajstić information content (AvgIpc) is 3.32. The Labute approximate surface area is 387 Å². The number of hydrogen-bond acceptors (Lipinski definition) is 13. The zero-order valence-electron chi connectivity index (χ0n) is 41.1. The fourth-order valence-electron chi connectivity index (χ4n) is 9.39. The Kier molecular flexibility index (Phi) is 20.1. The third kappa shape index (κ3) is 13.0. The number of carbonyl (C=O) groups is 4. The van der Waals surface area contributed by atoms with Crippen LogP contribution in [0.4, 0.5) is 0 Å². The van der Waals surface area contributed by atoms with Crippen LogP contribution in [0, 0.1) is 53.3 Å². The highest BCUT2D eigenvalue weighted by molar-refractivity contribution is 5.90. The Bertz CT molecular complexity index is 1850. The second kappa shape index (κ2) is 24.5. The summed E-state index contributed by atoms with van der Waals surface area (Å²) in [5.41, 5.74) is 1.03. The zero-order chi connectivity index (χ0) is 48.2. The Balaban J connectivity index is 0.000000309. The summed E-state index contributed by atoms with van der Waals surface area (Å²) in [6, 6.07) is 17.9. The maximum atomic E-state index is 13.3. The molecule has 5 rings (SSSR count). The molecule has 13 nitrogen and oxygen atoms in total. The van der Waals surface area contributed by atoms with Crippen molar-refractivity contribution in [2.75, 3.05) is 27.9 Å². The van der Waals surface area contributed by atoms with Crippen LogP contribution in [-0.2, 0) is 52.2 Å². The van der Waals surface area contributed by atoms with E-state index in [1.54, 1.807) is 37.5 Å². The standard InChI is InChI=1S/C31H48O8.C21H28O5/c1-10-25(37-28(32)24-14-12-11-13-15-24)23(7)27-19(3)18(2)16-31(39-27,30(33)35-9)36-17-26-21(5)20(4)22(6)29(34-8)38-26;1-6-17(26-20(22)16-10-8-7-9-11-16)15(4)19-14(3)13(2)12-18(25-19)21(23)24-5/h11-15,18-23,25-27,29H,10,16-17H2,1-9H3;7-15,17,19H,6H2,1-5H3/t18-,19-,20+,21+,22?,23-,25-,26?,27?,29+,31-;13?,14-,15-,17-,19?/m11/s1. The van der Waals surface area contributed by atoms with Crippen LogP contribution in [0.2, 0.25) is 0 Å². The summed E-state index contributed by atoms with van der Waals surface area (Å²) in [7, 11) is 4.33. The lowest BCUT2D eigenvalue weighted by Crippen LogP contribution is -2.59. The first-order valence-electron chi connectivity index (χ1n) is 23.4. The molecule has 0 spiro atoms. The number of methoxy groups -OCH3 is 3. The predicted molar refractivity (Wildman–Crippen MR) is 245 cm³/mol. The van der Waals surface area contributed by atoms with Gasteiger partial charge in [0.25, 0.3) is 5.79 Å². The molecule has 0 saturated carbocycles. The summed E-state index contributed by atoms with van der Waals surface area (Å²) >= 11 is 0. The van der Waals surface area contributed by atoms with Crippen molar-refractivity contribution in [2.45, 2.75) is 138 Å².